The first kappa shape index (κ1) is 21.6. The molecule has 2 rings (SSSR count). The van der Waals surface area contributed by atoms with E-state index in [1.165, 1.54) is 4.88 Å². The number of halogens is 1. The molecule has 0 saturated heterocycles. The number of pyridine rings is 1. The van der Waals surface area contributed by atoms with Crippen molar-refractivity contribution in [2.75, 3.05) is 20.7 Å². The van der Waals surface area contributed by atoms with Crippen LogP contribution >= 0.6 is 35.3 Å². The quantitative estimate of drug-likeness (QED) is 0.382. The van der Waals surface area contributed by atoms with E-state index in [1.807, 2.05) is 26.2 Å². The standard InChI is InChI=1S/C17H25N5OS.HI/c1-11-8-20-14(13(3)16(11)23-5)10-22-17(18-4)19-7-6-15-21-9-12(2)24-15;/h8-9H,6-7,10H2,1-5H3,(H2,18,19,22);1H. The Hall–Kier alpha value is -1.42. The van der Waals surface area contributed by atoms with Crippen LogP contribution in [0.25, 0.3) is 0 Å². The van der Waals surface area contributed by atoms with Gasteiger partial charge in [0.15, 0.2) is 5.96 Å². The molecule has 2 aromatic heterocycles. The number of ether oxygens (including phenoxy) is 1. The molecule has 0 atom stereocenters. The van der Waals surface area contributed by atoms with E-state index in [-0.39, 0.29) is 24.0 Å². The van der Waals surface area contributed by atoms with Crippen molar-refractivity contribution in [3.05, 3.63) is 39.1 Å². The third kappa shape index (κ3) is 6.10. The largest absolute Gasteiger partial charge is 0.496 e. The zero-order valence-electron chi connectivity index (χ0n) is 15.3. The van der Waals surface area contributed by atoms with Gasteiger partial charge in [0.1, 0.15) is 5.75 Å². The number of thiazole rings is 1. The molecule has 0 spiro atoms. The molecule has 2 N–H and O–H groups in total. The van der Waals surface area contributed by atoms with Gasteiger partial charge < -0.3 is 15.4 Å². The summed E-state index contributed by atoms with van der Waals surface area (Å²) in [6, 6.07) is 0. The fourth-order valence-corrected chi connectivity index (χ4v) is 3.23. The van der Waals surface area contributed by atoms with Crippen molar-refractivity contribution in [2.45, 2.75) is 33.7 Å². The number of hydrogen-bond acceptors (Lipinski definition) is 5. The summed E-state index contributed by atoms with van der Waals surface area (Å²) < 4.78 is 5.45. The van der Waals surface area contributed by atoms with Crippen LogP contribution in [0.15, 0.2) is 17.4 Å². The topological polar surface area (TPSA) is 71.4 Å². The van der Waals surface area contributed by atoms with Crippen LogP contribution in [0.1, 0.15) is 26.7 Å². The average Bonchev–Trinajstić information content (AvgIpc) is 2.98. The third-order valence-corrected chi connectivity index (χ3v) is 4.67. The number of aliphatic imine (C=N–C) groups is 1. The Labute approximate surface area is 170 Å². The Kier molecular flexibility index (Phi) is 9.12. The average molecular weight is 475 g/mol. The number of aryl methyl sites for hydroxylation is 2. The van der Waals surface area contributed by atoms with Gasteiger partial charge in [0, 0.05) is 48.4 Å². The first-order valence-electron chi connectivity index (χ1n) is 7.90. The molecule has 0 bridgehead atoms. The molecule has 0 aliphatic heterocycles. The van der Waals surface area contributed by atoms with Crippen LogP contribution in [0.2, 0.25) is 0 Å². The molecule has 0 aromatic carbocycles. The molecule has 6 nitrogen and oxygen atoms in total. The van der Waals surface area contributed by atoms with Gasteiger partial charge in [-0.3, -0.25) is 9.98 Å². The highest BCUT2D eigenvalue weighted by Crippen LogP contribution is 2.23. The lowest BCUT2D eigenvalue weighted by atomic mass is 10.1. The highest BCUT2D eigenvalue weighted by molar-refractivity contribution is 14.0. The van der Waals surface area contributed by atoms with E-state index < -0.39 is 0 Å². The number of rotatable bonds is 6. The smallest absolute Gasteiger partial charge is 0.191 e. The minimum Gasteiger partial charge on any atom is -0.496 e. The minimum atomic E-state index is 0. The summed E-state index contributed by atoms with van der Waals surface area (Å²) in [6.45, 7) is 7.47. The van der Waals surface area contributed by atoms with Crippen molar-refractivity contribution in [1.29, 1.82) is 0 Å². The van der Waals surface area contributed by atoms with Crippen molar-refractivity contribution in [2.24, 2.45) is 4.99 Å². The molecule has 0 aliphatic rings. The third-order valence-electron chi connectivity index (χ3n) is 3.70. The molecule has 0 unspecified atom stereocenters. The van der Waals surface area contributed by atoms with Gasteiger partial charge in [0.2, 0.25) is 0 Å². The lowest BCUT2D eigenvalue weighted by Gasteiger charge is -2.15. The predicted molar refractivity (Wildman–Crippen MR) is 114 cm³/mol. The molecule has 25 heavy (non-hydrogen) atoms. The molecule has 0 aliphatic carbocycles. The normalized spacial score (nSPS) is 11.0. The van der Waals surface area contributed by atoms with E-state index in [4.69, 9.17) is 4.74 Å². The van der Waals surface area contributed by atoms with Gasteiger partial charge in [-0.05, 0) is 20.8 Å². The van der Waals surface area contributed by atoms with Crippen molar-refractivity contribution in [3.8, 4) is 5.75 Å². The first-order chi connectivity index (χ1) is 11.5. The van der Waals surface area contributed by atoms with Gasteiger partial charge in [-0.2, -0.15) is 0 Å². The van der Waals surface area contributed by atoms with Gasteiger partial charge >= 0.3 is 0 Å². The summed E-state index contributed by atoms with van der Waals surface area (Å²) in [5.74, 6) is 1.65. The number of hydrogen-bond donors (Lipinski definition) is 2. The zero-order chi connectivity index (χ0) is 17.5. The van der Waals surface area contributed by atoms with Crippen molar-refractivity contribution in [1.82, 2.24) is 20.6 Å². The Morgan fingerprint density at radius 3 is 2.56 bits per heavy atom. The van der Waals surface area contributed by atoms with E-state index in [0.717, 1.165) is 46.5 Å². The van der Waals surface area contributed by atoms with E-state index in [2.05, 4.69) is 32.5 Å². The maximum Gasteiger partial charge on any atom is 0.191 e. The van der Waals surface area contributed by atoms with Crippen molar-refractivity contribution < 1.29 is 4.74 Å². The monoisotopic (exact) mass is 475 g/mol. The first-order valence-corrected chi connectivity index (χ1v) is 8.71. The van der Waals surface area contributed by atoms with Crippen molar-refractivity contribution in [3.63, 3.8) is 0 Å². The van der Waals surface area contributed by atoms with E-state index in [0.29, 0.717) is 6.54 Å². The highest BCUT2D eigenvalue weighted by Gasteiger charge is 2.10. The van der Waals surface area contributed by atoms with E-state index in [9.17, 15) is 0 Å². The Morgan fingerprint density at radius 2 is 1.96 bits per heavy atom. The Balaban J connectivity index is 0.00000312. The number of nitrogens with zero attached hydrogens (tertiary/aromatic N) is 3. The summed E-state index contributed by atoms with van der Waals surface area (Å²) >= 11 is 1.73. The second kappa shape index (κ2) is 10.5. The second-order valence-electron chi connectivity index (χ2n) is 5.51. The lowest BCUT2D eigenvalue weighted by Crippen LogP contribution is -2.38. The molecule has 2 aromatic rings. The molecule has 138 valence electrons. The maximum atomic E-state index is 5.45. The molecule has 0 amide bonds. The van der Waals surface area contributed by atoms with Crippen LogP contribution in [-0.4, -0.2) is 36.6 Å². The van der Waals surface area contributed by atoms with Crippen LogP contribution in [0, 0.1) is 20.8 Å². The van der Waals surface area contributed by atoms with Crippen molar-refractivity contribution >= 4 is 41.3 Å². The SMILES string of the molecule is CN=C(NCCc1ncc(C)s1)NCc1ncc(C)c(OC)c1C.I. The van der Waals surface area contributed by atoms with Crippen LogP contribution in [-0.2, 0) is 13.0 Å². The van der Waals surface area contributed by atoms with Gasteiger partial charge in [-0.1, -0.05) is 0 Å². The molecular formula is C17H26IN5OS. The zero-order valence-corrected chi connectivity index (χ0v) is 18.5. The molecule has 0 radical (unpaired) electrons. The van der Waals surface area contributed by atoms with Gasteiger partial charge in [0.25, 0.3) is 0 Å². The fourth-order valence-electron chi connectivity index (χ4n) is 2.44. The summed E-state index contributed by atoms with van der Waals surface area (Å²) in [5, 5.41) is 7.73. The Morgan fingerprint density at radius 1 is 1.20 bits per heavy atom. The number of guanidine groups is 1. The highest BCUT2D eigenvalue weighted by atomic mass is 127. The second-order valence-corrected chi connectivity index (χ2v) is 6.83. The van der Waals surface area contributed by atoms with Crippen LogP contribution in [0.4, 0.5) is 0 Å². The predicted octanol–water partition coefficient (Wildman–Crippen LogP) is 3.00. The summed E-state index contributed by atoms with van der Waals surface area (Å²) in [6.07, 6.45) is 4.63. The fraction of sp³-hybridized carbons (Fsp3) is 0.471. The van der Waals surface area contributed by atoms with Gasteiger partial charge in [-0.15, -0.1) is 35.3 Å². The number of methoxy groups -OCH3 is 1. The summed E-state index contributed by atoms with van der Waals surface area (Å²) in [7, 11) is 3.45. The maximum absolute atomic E-state index is 5.45. The molecule has 8 heteroatoms. The van der Waals surface area contributed by atoms with E-state index in [1.54, 1.807) is 25.5 Å². The molecule has 0 fully saturated rings. The van der Waals surface area contributed by atoms with Crippen LogP contribution in [0.5, 0.6) is 5.75 Å². The van der Waals surface area contributed by atoms with Crippen LogP contribution < -0.4 is 15.4 Å². The number of aromatic nitrogens is 2. The van der Waals surface area contributed by atoms with Crippen LogP contribution in [0.3, 0.4) is 0 Å². The summed E-state index contributed by atoms with van der Waals surface area (Å²) in [4.78, 5) is 14.3. The lowest BCUT2D eigenvalue weighted by molar-refractivity contribution is 0.406. The molecular weight excluding hydrogens is 449 g/mol. The molecule has 0 saturated carbocycles. The van der Waals surface area contributed by atoms with E-state index >= 15 is 0 Å². The minimum absolute atomic E-state index is 0. The van der Waals surface area contributed by atoms with Gasteiger partial charge in [-0.25, -0.2) is 4.98 Å². The number of nitrogens with one attached hydrogen (secondary N) is 2. The Bertz CT molecular complexity index is 717. The summed E-state index contributed by atoms with van der Waals surface area (Å²) in [5.41, 5.74) is 3.05. The van der Waals surface area contributed by atoms with Gasteiger partial charge in [0.05, 0.1) is 24.4 Å². The molecule has 2 heterocycles.